The molecular weight excluding hydrogens is 234 g/mol. The molecule has 3 atom stereocenters. The van der Waals surface area contributed by atoms with Gasteiger partial charge < -0.3 is 5.32 Å². The molecule has 0 saturated heterocycles. The van der Waals surface area contributed by atoms with Crippen LogP contribution < -0.4 is 5.32 Å². The van der Waals surface area contributed by atoms with Gasteiger partial charge in [0.05, 0.1) is 11.7 Å². The van der Waals surface area contributed by atoms with Gasteiger partial charge >= 0.3 is 0 Å². The van der Waals surface area contributed by atoms with Gasteiger partial charge in [0, 0.05) is 18.5 Å². The average Bonchev–Trinajstić information content (AvgIpc) is 3.04. The molecule has 19 heavy (non-hydrogen) atoms. The molecule has 2 aliphatic rings. The quantitative estimate of drug-likeness (QED) is 0.854. The van der Waals surface area contributed by atoms with Crippen molar-refractivity contribution in [3.05, 3.63) is 11.8 Å². The summed E-state index contributed by atoms with van der Waals surface area (Å²) in [5, 5.41) is 8.56. The minimum atomic E-state index is 0.653. The Kier molecular flexibility index (Phi) is 3.81. The van der Waals surface area contributed by atoms with Gasteiger partial charge in [-0.1, -0.05) is 33.1 Å². The highest BCUT2D eigenvalue weighted by Gasteiger charge is 2.34. The Morgan fingerprint density at radius 3 is 3.11 bits per heavy atom. The van der Waals surface area contributed by atoms with Crippen LogP contribution in [0, 0.1) is 5.92 Å². The van der Waals surface area contributed by atoms with Crippen molar-refractivity contribution in [3.63, 3.8) is 0 Å². The van der Waals surface area contributed by atoms with E-state index in [0.717, 1.165) is 12.5 Å². The molecule has 1 aliphatic carbocycles. The summed E-state index contributed by atoms with van der Waals surface area (Å²) in [5.41, 5.74) is 1.33. The van der Waals surface area contributed by atoms with E-state index in [2.05, 4.69) is 29.9 Å². The standard InChI is InChI=1S/C16H27N3/c1-3-5-7-12(4-2)14-10-16-17-11-13-8-6-9-15(13)19(16)18-14/h10,12-13,15,17H,3-9,11H2,1-2H3. The number of anilines is 1. The molecule has 3 unspecified atom stereocenters. The van der Waals surface area contributed by atoms with Crippen LogP contribution in [-0.2, 0) is 0 Å². The first-order chi connectivity index (χ1) is 9.33. The largest absolute Gasteiger partial charge is 0.370 e. The molecule has 0 spiro atoms. The van der Waals surface area contributed by atoms with E-state index in [-0.39, 0.29) is 0 Å². The van der Waals surface area contributed by atoms with Gasteiger partial charge in [-0.3, -0.25) is 0 Å². The van der Waals surface area contributed by atoms with E-state index in [1.165, 1.54) is 56.5 Å². The van der Waals surface area contributed by atoms with E-state index in [4.69, 9.17) is 5.10 Å². The minimum absolute atomic E-state index is 0.653. The Balaban J connectivity index is 1.81. The molecular formula is C16H27N3. The van der Waals surface area contributed by atoms with E-state index in [0.29, 0.717) is 12.0 Å². The van der Waals surface area contributed by atoms with Crippen molar-refractivity contribution in [1.82, 2.24) is 9.78 Å². The van der Waals surface area contributed by atoms with Crippen LogP contribution in [0.3, 0.4) is 0 Å². The van der Waals surface area contributed by atoms with E-state index in [1.54, 1.807) is 0 Å². The highest BCUT2D eigenvalue weighted by atomic mass is 15.4. The summed E-state index contributed by atoms with van der Waals surface area (Å²) in [6, 6.07) is 2.99. The molecule has 1 aromatic rings. The first-order valence-corrected chi connectivity index (χ1v) is 8.16. The first kappa shape index (κ1) is 13.0. The summed E-state index contributed by atoms with van der Waals surface area (Å²) in [4.78, 5) is 0. The van der Waals surface area contributed by atoms with Crippen molar-refractivity contribution in [2.24, 2.45) is 5.92 Å². The molecule has 1 aromatic heterocycles. The van der Waals surface area contributed by atoms with Crippen molar-refractivity contribution in [1.29, 1.82) is 0 Å². The molecule has 2 heterocycles. The second kappa shape index (κ2) is 5.56. The van der Waals surface area contributed by atoms with Crippen molar-refractivity contribution in [3.8, 4) is 0 Å². The SMILES string of the molecule is CCCCC(CC)c1cc2n(n1)C1CCCC1CN2. The summed E-state index contributed by atoms with van der Waals surface area (Å²) in [7, 11) is 0. The zero-order valence-corrected chi connectivity index (χ0v) is 12.4. The van der Waals surface area contributed by atoms with E-state index in [9.17, 15) is 0 Å². The van der Waals surface area contributed by atoms with Crippen LogP contribution in [-0.4, -0.2) is 16.3 Å². The maximum Gasteiger partial charge on any atom is 0.124 e. The second-order valence-electron chi connectivity index (χ2n) is 6.29. The molecule has 0 amide bonds. The fourth-order valence-electron chi connectivity index (χ4n) is 3.82. The fraction of sp³-hybridized carbons (Fsp3) is 0.812. The van der Waals surface area contributed by atoms with Crippen LogP contribution >= 0.6 is 0 Å². The van der Waals surface area contributed by atoms with Gasteiger partial charge in [-0.05, 0) is 31.6 Å². The Labute approximate surface area is 116 Å². The number of nitrogens with zero attached hydrogens (tertiary/aromatic N) is 2. The number of hydrogen-bond acceptors (Lipinski definition) is 2. The fourth-order valence-corrected chi connectivity index (χ4v) is 3.82. The molecule has 3 rings (SSSR count). The maximum atomic E-state index is 4.97. The second-order valence-corrected chi connectivity index (χ2v) is 6.29. The van der Waals surface area contributed by atoms with Crippen LogP contribution in [0.25, 0.3) is 0 Å². The Morgan fingerprint density at radius 2 is 2.32 bits per heavy atom. The lowest BCUT2D eigenvalue weighted by atomic mass is 9.96. The summed E-state index contributed by atoms with van der Waals surface area (Å²) in [6.45, 7) is 5.72. The average molecular weight is 261 g/mol. The van der Waals surface area contributed by atoms with E-state index < -0.39 is 0 Å². The monoisotopic (exact) mass is 261 g/mol. The molecule has 3 heteroatoms. The topological polar surface area (TPSA) is 29.9 Å². The number of fused-ring (bicyclic) bond motifs is 3. The molecule has 106 valence electrons. The maximum absolute atomic E-state index is 4.97. The Bertz CT molecular complexity index is 424. The molecule has 0 radical (unpaired) electrons. The zero-order chi connectivity index (χ0) is 13.2. The number of hydrogen-bond donors (Lipinski definition) is 1. The smallest absolute Gasteiger partial charge is 0.124 e. The third-order valence-electron chi connectivity index (χ3n) is 5.05. The predicted molar refractivity (Wildman–Crippen MR) is 79.7 cm³/mol. The van der Waals surface area contributed by atoms with E-state index >= 15 is 0 Å². The van der Waals surface area contributed by atoms with Crippen LogP contribution in [0.2, 0.25) is 0 Å². The highest BCUT2D eigenvalue weighted by Crippen LogP contribution is 2.41. The highest BCUT2D eigenvalue weighted by molar-refractivity contribution is 5.41. The summed E-state index contributed by atoms with van der Waals surface area (Å²) >= 11 is 0. The number of nitrogens with one attached hydrogen (secondary N) is 1. The zero-order valence-electron chi connectivity index (χ0n) is 12.4. The molecule has 1 aliphatic heterocycles. The van der Waals surface area contributed by atoms with Crippen LogP contribution in [0.4, 0.5) is 5.82 Å². The summed E-state index contributed by atoms with van der Waals surface area (Å²) in [5.74, 6) is 2.74. The lowest BCUT2D eigenvalue weighted by Crippen LogP contribution is -2.29. The Morgan fingerprint density at radius 1 is 1.42 bits per heavy atom. The van der Waals surface area contributed by atoms with Crippen LogP contribution in [0.1, 0.15) is 76.4 Å². The van der Waals surface area contributed by atoms with Gasteiger partial charge in [0.2, 0.25) is 0 Å². The minimum Gasteiger partial charge on any atom is -0.370 e. The lowest BCUT2D eigenvalue weighted by Gasteiger charge is -2.28. The van der Waals surface area contributed by atoms with Gasteiger partial charge in [-0.15, -0.1) is 0 Å². The first-order valence-electron chi connectivity index (χ1n) is 8.16. The predicted octanol–water partition coefficient (Wildman–Crippen LogP) is 4.33. The molecule has 1 saturated carbocycles. The van der Waals surface area contributed by atoms with Crippen molar-refractivity contribution in [2.75, 3.05) is 11.9 Å². The lowest BCUT2D eigenvalue weighted by molar-refractivity contribution is 0.344. The molecule has 3 nitrogen and oxygen atoms in total. The summed E-state index contributed by atoms with van der Waals surface area (Å²) in [6.07, 6.45) is 9.18. The van der Waals surface area contributed by atoms with Gasteiger partial charge in [0.25, 0.3) is 0 Å². The van der Waals surface area contributed by atoms with Crippen molar-refractivity contribution < 1.29 is 0 Å². The third-order valence-corrected chi connectivity index (χ3v) is 5.05. The molecule has 0 aromatic carbocycles. The van der Waals surface area contributed by atoms with Crippen LogP contribution in [0.15, 0.2) is 6.07 Å². The van der Waals surface area contributed by atoms with Gasteiger partial charge in [-0.2, -0.15) is 5.10 Å². The normalized spacial score (nSPS) is 26.6. The van der Waals surface area contributed by atoms with Gasteiger partial charge in [-0.25, -0.2) is 4.68 Å². The molecule has 1 fully saturated rings. The van der Waals surface area contributed by atoms with Gasteiger partial charge in [0.1, 0.15) is 5.82 Å². The number of rotatable bonds is 5. The van der Waals surface area contributed by atoms with Crippen molar-refractivity contribution >= 4 is 5.82 Å². The molecule has 0 bridgehead atoms. The molecule has 1 N–H and O–H groups in total. The Hall–Kier alpha value is -0.990. The van der Waals surface area contributed by atoms with Crippen molar-refractivity contribution in [2.45, 2.75) is 70.8 Å². The van der Waals surface area contributed by atoms with E-state index in [1.807, 2.05) is 0 Å². The summed E-state index contributed by atoms with van der Waals surface area (Å²) < 4.78 is 2.31. The van der Waals surface area contributed by atoms with Gasteiger partial charge in [0.15, 0.2) is 0 Å². The third kappa shape index (κ3) is 2.39. The number of unbranched alkanes of at least 4 members (excludes halogenated alkanes) is 1. The van der Waals surface area contributed by atoms with Crippen LogP contribution in [0.5, 0.6) is 0 Å². The number of aromatic nitrogens is 2.